The van der Waals surface area contributed by atoms with E-state index in [1.807, 2.05) is 6.92 Å². The molecule has 74 valence electrons. The SMILES string of the molecule is Cc1nc(SCCOCCN)n[nH]1. The van der Waals surface area contributed by atoms with E-state index in [0.29, 0.717) is 19.8 Å². The summed E-state index contributed by atoms with van der Waals surface area (Å²) in [7, 11) is 0. The van der Waals surface area contributed by atoms with Crippen LogP contribution in [0.15, 0.2) is 5.16 Å². The molecule has 0 aromatic carbocycles. The van der Waals surface area contributed by atoms with Crippen molar-refractivity contribution in [2.45, 2.75) is 12.1 Å². The average Bonchev–Trinajstić information content (AvgIpc) is 2.51. The summed E-state index contributed by atoms with van der Waals surface area (Å²) in [4.78, 5) is 4.14. The molecular formula is C7H14N4OS. The molecule has 0 aliphatic carbocycles. The van der Waals surface area contributed by atoms with Crippen molar-refractivity contribution in [3.05, 3.63) is 5.82 Å². The molecule has 0 amide bonds. The lowest BCUT2D eigenvalue weighted by atomic mass is 10.7. The van der Waals surface area contributed by atoms with Crippen LogP contribution in [0.1, 0.15) is 5.82 Å². The van der Waals surface area contributed by atoms with Crippen molar-refractivity contribution in [2.75, 3.05) is 25.5 Å². The molecule has 1 aromatic heterocycles. The van der Waals surface area contributed by atoms with Crippen molar-refractivity contribution in [3.63, 3.8) is 0 Å². The van der Waals surface area contributed by atoms with Crippen LogP contribution in [0.5, 0.6) is 0 Å². The Labute approximate surface area is 81.4 Å². The minimum absolute atomic E-state index is 0.574. The highest BCUT2D eigenvalue weighted by Gasteiger charge is 1.99. The van der Waals surface area contributed by atoms with Gasteiger partial charge in [-0.05, 0) is 6.92 Å². The highest BCUT2D eigenvalue weighted by Crippen LogP contribution is 2.10. The van der Waals surface area contributed by atoms with Crippen LogP contribution in [-0.2, 0) is 4.74 Å². The second-order valence-corrected chi connectivity index (χ2v) is 3.51. The number of hydrogen-bond acceptors (Lipinski definition) is 5. The molecule has 0 fully saturated rings. The smallest absolute Gasteiger partial charge is 0.208 e. The maximum atomic E-state index is 5.26. The molecule has 1 heterocycles. The van der Waals surface area contributed by atoms with E-state index < -0.39 is 0 Å². The molecule has 0 aliphatic heterocycles. The van der Waals surface area contributed by atoms with Gasteiger partial charge in [0, 0.05) is 12.3 Å². The van der Waals surface area contributed by atoms with Crippen molar-refractivity contribution in [3.8, 4) is 0 Å². The van der Waals surface area contributed by atoms with Gasteiger partial charge in [-0.1, -0.05) is 11.8 Å². The van der Waals surface area contributed by atoms with Crippen molar-refractivity contribution < 1.29 is 4.74 Å². The summed E-state index contributed by atoms with van der Waals surface area (Å²) in [5.41, 5.74) is 5.26. The fourth-order valence-electron chi connectivity index (χ4n) is 0.764. The molecule has 0 unspecified atom stereocenters. The molecule has 0 saturated heterocycles. The van der Waals surface area contributed by atoms with Crippen molar-refractivity contribution >= 4 is 11.8 Å². The van der Waals surface area contributed by atoms with E-state index in [4.69, 9.17) is 10.5 Å². The fraction of sp³-hybridized carbons (Fsp3) is 0.714. The largest absolute Gasteiger partial charge is 0.379 e. The lowest BCUT2D eigenvalue weighted by Gasteiger charge is -1.99. The van der Waals surface area contributed by atoms with Crippen molar-refractivity contribution in [1.82, 2.24) is 15.2 Å². The number of rotatable bonds is 6. The van der Waals surface area contributed by atoms with Gasteiger partial charge >= 0.3 is 0 Å². The molecule has 13 heavy (non-hydrogen) atoms. The number of H-pyrrole nitrogens is 1. The zero-order valence-electron chi connectivity index (χ0n) is 7.62. The molecule has 0 bridgehead atoms. The van der Waals surface area contributed by atoms with Gasteiger partial charge in [0.15, 0.2) is 0 Å². The van der Waals surface area contributed by atoms with Crippen LogP contribution < -0.4 is 5.73 Å². The first kappa shape index (κ1) is 10.5. The number of nitrogens with one attached hydrogen (secondary N) is 1. The lowest BCUT2D eigenvalue weighted by Crippen LogP contribution is -2.09. The van der Waals surface area contributed by atoms with Crippen LogP contribution in [-0.4, -0.2) is 40.7 Å². The van der Waals surface area contributed by atoms with E-state index in [2.05, 4.69) is 15.2 Å². The third-order valence-electron chi connectivity index (χ3n) is 1.30. The van der Waals surface area contributed by atoms with Crippen LogP contribution in [0.2, 0.25) is 0 Å². The molecule has 1 aromatic rings. The molecule has 1 rings (SSSR count). The molecule has 3 N–H and O–H groups in total. The predicted octanol–water partition coefficient (Wildman–Crippen LogP) is 0.181. The molecule has 5 nitrogen and oxygen atoms in total. The van der Waals surface area contributed by atoms with E-state index in [9.17, 15) is 0 Å². The van der Waals surface area contributed by atoms with Gasteiger partial charge in [0.2, 0.25) is 5.16 Å². The van der Waals surface area contributed by atoms with Crippen LogP contribution in [0.25, 0.3) is 0 Å². The van der Waals surface area contributed by atoms with E-state index in [-0.39, 0.29) is 0 Å². The quantitative estimate of drug-likeness (QED) is 0.508. The summed E-state index contributed by atoms with van der Waals surface area (Å²) < 4.78 is 5.20. The minimum atomic E-state index is 0.574. The Kier molecular flexibility index (Phi) is 4.81. The van der Waals surface area contributed by atoms with Gasteiger partial charge in [-0.2, -0.15) is 0 Å². The zero-order chi connectivity index (χ0) is 9.52. The number of aromatic amines is 1. The van der Waals surface area contributed by atoms with Crippen LogP contribution in [0, 0.1) is 6.92 Å². The number of nitrogens with zero attached hydrogens (tertiary/aromatic N) is 2. The van der Waals surface area contributed by atoms with E-state index in [1.165, 1.54) is 0 Å². The molecule has 0 saturated carbocycles. The first-order valence-electron chi connectivity index (χ1n) is 4.12. The van der Waals surface area contributed by atoms with Crippen LogP contribution in [0.3, 0.4) is 0 Å². The van der Waals surface area contributed by atoms with E-state index in [1.54, 1.807) is 11.8 Å². The molecule has 0 aliphatic rings. The second kappa shape index (κ2) is 5.95. The average molecular weight is 202 g/mol. The Morgan fingerprint density at radius 2 is 2.38 bits per heavy atom. The number of aromatic nitrogens is 3. The Bertz CT molecular complexity index is 240. The Hall–Kier alpha value is -0.590. The maximum absolute atomic E-state index is 5.26. The van der Waals surface area contributed by atoms with Crippen LogP contribution >= 0.6 is 11.8 Å². The van der Waals surface area contributed by atoms with Gasteiger partial charge in [-0.25, -0.2) is 4.98 Å². The third-order valence-corrected chi connectivity index (χ3v) is 2.11. The summed E-state index contributed by atoms with van der Waals surface area (Å²) in [5.74, 6) is 1.70. The zero-order valence-corrected chi connectivity index (χ0v) is 8.43. The van der Waals surface area contributed by atoms with Gasteiger partial charge in [0.05, 0.1) is 13.2 Å². The van der Waals surface area contributed by atoms with Crippen molar-refractivity contribution in [1.29, 1.82) is 0 Å². The maximum Gasteiger partial charge on any atom is 0.208 e. The number of nitrogens with two attached hydrogens (primary N) is 1. The summed E-state index contributed by atoms with van der Waals surface area (Å²) in [5, 5.41) is 7.53. The minimum Gasteiger partial charge on any atom is -0.379 e. The summed E-state index contributed by atoms with van der Waals surface area (Å²) in [6.07, 6.45) is 0. The first-order chi connectivity index (χ1) is 6.33. The Morgan fingerprint density at radius 1 is 1.54 bits per heavy atom. The standard InChI is InChI=1S/C7H14N4OS/c1-6-9-7(11-10-6)13-5-4-12-3-2-8/h2-5,8H2,1H3,(H,9,10,11). The molecule has 0 spiro atoms. The number of hydrogen-bond donors (Lipinski definition) is 2. The molecule has 0 radical (unpaired) electrons. The topological polar surface area (TPSA) is 76.8 Å². The van der Waals surface area contributed by atoms with Gasteiger partial charge in [0.1, 0.15) is 5.82 Å². The molecule has 6 heteroatoms. The highest BCUT2D eigenvalue weighted by molar-refractivity contribution is 7.99. The summed E-state index contributed by atoms with van der Waals surface area (Å²) in [6.45, 7) is 3.76. The Morgan fingerprint density at radius 3 is 3.00 bits per heavy atom. The van der Waals surface area contributed by atoms with Gasteiger partial charge in [0.25, 0.3) is 0 Å². The third kappa shape index (κ3) is 4.25. The Balaban J connectivity index is 2.06. The number of thioether (sulfide) groups is 1. The van der Waals surface area contributed by atoms with E-state index in [0.717, 1.165) is 16.7 Å². The highest BCUT2D eigenvalue weighted by atomic mass is 32.2. The first-order valence-corrected chi connectivity index (χ1v) is 5.11. The van der Waals surface area contributed by atoms with E-state index >= 15 is 0 Å². The second-order valence-electron chi connectivity index (χ2n) is 2.45. The predicted molar refractivity (Wildman–Crippen MR) is 51.7 cm³/mol. The lowest BCUT2D eigenvalue weighted by molar-refractivity contribution is 0.158. The van der Waals surface area contributed by atoms with Gasteiger partial charge < -0.3 is 10.5 Å². The number of ether oxygens (including phenoxy) is 1. The number of aryl methyl sites for hydroxylation is 1. The summed E-state index contributed by atoms with van der Waals surface area (Å²) in [6, 6.07) is 0. The summed E-state index contributed by atoms with van der Waals surface area (Å²) >= 11 is 1.57. The van der Waals surface area contributed by atoms with Crippen LogP contribution in [0.4, 0.5) is 0 Å². The monoisotopic (exact) mass is 202 g/mol. The molecular weight excluding hydrogens is 188 g/mol. The van der Waals surface area contributed by atoms with Gasteiger partial charge in [-0.3, -0.25) is 5.10 Å². The van der Waals surface area contributed by atoms with Gasteiger partial charge in [-0.15, -0.1) is 5.10 Å². The fourth-order valence-corrected chi connectivity index (χ4v) is 1.46. The molecule has 0 atom stereocenters. The van der Waals surface area contributed by atoms with Crippen molar-refractivity contribution in [2.24, 2.45) is 5.73 Å². The normalized spacial score (nSPS) is 10.6.